The number of hydrogen-bond acceptors (Lipinski definition) is 2. The van der Waals surface area contributed by atoms with Gasteiger partial charge in [0.15, 0.2) is 6.04 Å². The Kier molecular flexibility index (Phi) is 6.45. The van der Waals surface area contributed by atoms with Gasteiger partial charge in [0.2, 0.25) is 0 Å². The number of carbonyl (C=O) groups excluding carboxylic acids is 1. The minimum atomic E-state index is -0.228. The third kappa shape index (κ3) is 4.78. The SMILES string of the molecule is COc1ccccc1NC(=O)[C@H](C)[NH2+][C@@H](C)c1ccc(-c2ccccc2)cc1. The monoisotopic (exact) mass is 375 g/mol. The van der Waals surface area contributed by atoms with E-state index >= 15 is 0 Å². The maximum Gasteiger partial charge on any atom is 0.282 e. The number of ether oxygens (including phenoxy) is 1. The standard InChI is InChI=1S/C24H26N2O2/c1-17(19-13-15-21(16-14-19)20-9-5-4-6-10-20)25-18(2)24(27)26-22-11-7-8-12-23(22)28-3/h4-18,25H,1-3H3,(H,26,27)/p+1/t17-,18-/m0/s1. The molecule has 2 atom stereocenters. The summed E-state index contributed by atoms with van der Waals surface area (Å²) in [6, 6.07) is 26.2. The van der Waals surface area contributed by atoms with Crippen molar-refractivity contribution in [3.63, 3.8) is 0 Å². The van der Waals surface area contributed by atoms with Crippen molar-refractivity contribution in [1.82, 2.24) is 0 Å². The fraction of sp³-hybridized carbons (Fsp3) is 0.208. The number of amides is 1. The fourth-order valence-electron chi connectivity index (χ4n) is 3.24. The van der Waals surface area contributed by atoms with Crippen LogP contribution in [0.15, 0.2) is 78.9 Å². The molecule has 0 aliphatic rings. The van der Waals surface area contributed by atoms with Crippen LogP contribution in [0.1, 0.15) is 25.5 Å². The highest BCUT2D eigenvalue weighted by atomic mass is 16.5. The molecule has 1 amide bonds. The van der Waals surface area contributed by atoms with Gasteiger partial charge in [-0.1, -0.05) is 66.7 Å². The number of quaternary nitrogens is 1. The second-order valence-electron chi connectivity index (χ2n) is 6.95. The molecule has 0 radical (unpaired) electrons. The van der Waals surface area contributed by atoms with E-state index in [1.807, 2.05) is 49.4 Å². The van der Waals surface area contributed by atoms with Crippen molar-refractivity contribution in [2.45, 2.75) is 25.9 Å². The fourth-order valence-corrected chi connectivity index (χ4v) is 3.24. The average Bonchev–Trinajstić information content (AvgIpc) is 2.74. The van der Waals surface area contributed by atoms with E-state index in [1.165, 1.54) is 16.7 Å². The predicted molar refractivity (Wildman–Crippen MR) is 113 cm³/mol. The molecule has 0 saturated carbocycles. The van der Waals surface area contributed by atoms with Crippen molar-refractivity contribution in [2.75, 3.05) is 12.4 Å². The molecule has 28 heavy (non-hydrogen) atoms. The first kappa shape index (κ1) is 19.6. The Balaban J connectivity index is 1.62. The van der Waals surface area contributed by atoms with Gasteiger partial charge in [-0.3, -0.25) is 4.79 Å². The van der Waals surface area contributed by atoms with Gasteiger partial charge in [0.25, 0.3) is 5.91 Å². The summed E-state index contributed by atoms with van der Waals surface area (Å²) < 4.78 is 5.30. The van der Waals surface area contributed by atoms with Gasteiger partial charge in [-0.25, -0.2) is 0 Å². The van der Waals surface area contributed by atoms with Gasteiger partial charge in [-0.05, 0) is 37.1 Å². The van der Waals surface area contributed by atoms with Crippen molar-refractivity contribution < 1.29 is 14.8 Å². The van der Waals surface area contributed by atoms with E-state index in [0.29, 0.717) is 11.4 Å². The summed E-state index contributed by atoms with van der Waals surface area (Å²) in [7, 11) is 1.60. The molecule has 0 spiro atoms. The quantitative estimate of drug-likeness (QED) is 0.655. The number of hydrogen-bond donors (Lipinski definition) is 2. The molecule has 0 aliphatic heterocycles. The van der Waals surface area contributed by atoms with Crippen molar-refractivity contribution in [2.24, 2.45) is 0 Å². The smallest absolute Gasteiger partial charge is 0.282 e. The Hall–Kier alpha value is -3.11. The predicted octanol–water partition coefficient (Wildman–Crippen LogP) is 4.01. The molecule has 0 aliphatic carbocycles. The molecule has 4 heteroatoms. The lowest BCUT2D eigenvalue weighted by atomic mass is 10.0. The minimum absolute atomic E-state index is 0.0442. The Morgan fingerprint density at radius 1 is 0.857 bits per heavy atom. The van der Waals surface area contributed by atoms with Crippen LogP contribution < -0.4 is 15.4 Å². The lowest BCUT2D eigenvalue weighted by molar-refractivity contribution is -0.709. The van der Waals surface area contributed by atoms with Crippen LogP contribution in [-0.4, -0.2) is 19.1 Å². The van der Waals surface area contributed by atoms with Crippen molar-refractivity contribution in [3.8, 4) is 16.9 Å². The Morgan fingerprint density at radius 3 is 2.14 bits per heavy atom. The van der Waals surface area contributed by atoms with Crippen molar-refractivity contribution in [1.29, 1.82) is 0 Å². The largest absolute Gasteiger partial charge is 0.495 e. The highest BCUT2D eigenvalue weighted by Crippen LogP contribution is 2.23. The number of methoxy groups -OCH3 is 1. The second-order valence-corrected chi connectivity index (χ2v) is 6.95. The molecule has 0 heterocycles. The number of para-hydroxylation sites is 2. The van der Waals surface area contributed by atoms with Crippen molar-refractivity contribution >= 4 is 11.6 Å². The number of anilines is 1. The van der Waals surface area contributed by atoms with Gasteiger partial charge >= 0.3 is 0 Å². The van der Waals surface area contributed by atoms with E-state index in [0.717, 1.165) is 0 Å². The summed E-state index contributed by atoms with van der Waals surface area (Å²) in [5.74, 6) is 0.616. The molecule has 3 rings (SSSR count). The summed E-state index contributed by atoms with van der Waals surface area (Å²) in [6.07, 6.45) is 0. The molecular weight excluding hydrogens is 348 g/mol. The second kappa shape index (κ2) is 9.20. The number of nitrogens with one attached hydrogen (secondary N) is 1. The van der Waals surface area contributed by atoms with Crippen LogP contribution in [0, 0.1) is 0 Å². The normalized spacial score (nSPS) is 12.8. The molecule has 0 unspecified atom stereocenters. The molecule has 0 saturated heterocycles. The summed E-state index contributed by atoms with van der Waals surface area (Å²) in [6.45, 7) is 4.03. The molecular formula is C24H27N2O2+. The molecule has 3 aromatic rings. The molecule has 144 valence electrons. The van der Waals surface area contributed by atoms with Crippen LogP contribution in [-0.2, 0) is 4.79 Å². The third-order valence-electron chi connectivity index (χ3n) is 4.90. The zero-order chi connectivity index (χ0) is 19.9. The number of benzene rings is 3. The van der Waals surface area contributed by atoms with Gasteiger partial charge in [0.05, 0.1) is 12.8 Å². The van der Waals surface area contributed by atoms with Gasteiger partial charge in [-0.15, -0.1) is 0 Å². The highest BCUT2D eigenvalue weighted by molar-refractivity contribution is 5.94. The zero-order valence-corrected chi connectivity index (χ0v) is 16.6. The molecule has 0 aromatic heterocycles. The number of carbonyl (C=O) groups is 1. The summed E-state index contributed by atoms with van der Waals surface area (Å²) >= 11 is 0. The number of rotatable bonds is 7. The minimum Gasteiger partial charge on any atom is -0.495 e. The first-order valence-electron chi connectivity index (χ1n) is 9.52. The van der Waals surface area contributed by atoms with Crippen LogP contribution in [0.4, 0.5) is 5.69 Å². The first-order valence-corrected chi connectivity index (χ1v) is 9.52. The van der Waals surface area contributed by atoms with Gasteiger partial charge < -0.3 is 15.4 Å². The molecule has 4 nitrogen and oxygen atoms in total. The third-order valence-corrected chi connectivity index (χ3v) is 4.90. The van der Waals surface area contributed by atoms with Crippen LogP contribution in [0.2, 0.25) is 0 Å². The van der Waals surface area contributed by atoms with Crippen LogP contribution in [0.3, 0.4) is 0 Å². The summed E-state index contributed by atoms with van der Waals surface area (Å²) in [5.41, 5.74) is 4.28. The molecule has 0 bridgehead atoms. The van der Waals surface area contributed by atoms with E-state index in [9.17, 15) is 4.79 Å². The molecule has 0 fully saturated rings. The van der Waals surface area contributed by atoms with Gasteiger partial charge in [0, 0.05) is 5.56 Å². The lowest BCUT2D eigenvalue weighted by Crippen LogP contribution is -2.91. The Labute approximate surface area is 166 Å². The first-order chi connectivity index (χ1) is 13.6. The Morgan fingerprint density at radius 2 is 1.46 bits per heavy atom. The van der Waals surface area contributed by atoms with E-state index in [2.05, 4.69) is 54.0 Å². The average molecular weight is 375 g/mol. The van der Waals surface area contributed by atoms with Gasteiger partial charge in [-0.2, -0.15) is 0 Å². The van der Waals surface area contributed by atoms with Gasteiger partial charge in [0.1, 0.15) is 11.8 Å². The maximum absolute atomic E-state index is 12.6. The topological polar surface area (TPSA) is 54.9 Å². The van der Waals surface area contributed by atoms with E-state index < -0.39 is 0 Å². The molecule has 3 aromatic carbocycles. The van der Waals surface area contributed by atoms with Crippen molar-refractivity contribution in [3.05, 3.63) is 84.4 Å². The van der Waals surface area contributed by atoms with Crippen LogP contribution >= 0.6 is 0 Å². The van der Waals surface area contributed by atoms with Crippen LogP contribution in [0.5, 0.6) is 5.75 Å². The lowest BCUT2D eigenvalue weighted by Gasteiger charge is -2.18. The highest BCUT2D eigenvalue weighted by Gasteiger charge is 2.21. The Bertz CT molecular complexity index is 907. The summed E-state index contributed by atoms with van der Waals surface area (Å²) in [4.78, 5) is 12.6. The molecule has 3 N–H and O–H groups in total. The maximum atomic E-state index is 12.6. The summed E-state index contributed by atoms with van der Waals surface area (Å²) in [5, 5.41) is 5.03. The number of nitrogens with two attached hydrogens (primary N) is 1. The van der Waals surface area contributed by atoms with E-state index in [4.69, 9.17) is 4.74 Å². The zero-order valence-electron chi connectivity index (χ0n) is 16.6. The van der Waals surface area contributed by atoms with E-state index in [-0.39, 0.29) is 18.0 Å². The van der Waals surface area contributed by atoms with Crippen LogP contribution in [0.25, 0.3) is 11.1 Å². The van der Waals surface area contributed by atoms with E-state index in [1.54, 1.807) is 7.11 Å².